The lowest BCUT2D eigenvalue weighted by Crippen LogP contribution is -2.27. The Morgan fingerprint density at radius 3 is 2.82 bits per heavy atom. The Kier molecular flexibility index (Phi) is 2.85. The minimum atomic E-state index is -0.255. The summed E-state index contributed by atoms with van der Waals surface area (Å²) in [4.78, 5) is 4.21. The molecule has 6 nitrogen and oxygen atoms in total. The Morgan fingerprint density at radius 1 is 1.27 bits per heavy atom. The molecule has 0 amide bonds. The molecule has 3 aromatic rings. The van der Waals surface area contributed by atoms with Gasteiger partial charge >= 0.3 is 0 Å². The maximum Gasteiger partial charge on any atom is 0.241 e. The molecule has 0 fully saturated rings. The van der Waals surface area contributed by atoms with Crippen LogP contribution in [0.25, 0.3) is 0 Å². The van der Waals surface area contributed by atoms with Crippen molar-refractivity contribution in [2.75, 3.05) is 11.1 Å². The largest absolute Gasteiger partial charge is 0.467 e. The Bertz CT molecular complexity index is 781. The highest BCUT2D eigenvalue weighted by Gasteiger charge is 2.32. The fourth-order valence-corrected chi connectivity index (χ4v) is 2.83. The number of hydrogen-bond donors (Lipinski definition) is 2. The Balaban J connectivity index is 1.74. The van der Waals surface area contributed by atoms with E-state index < -0.39 is 0 Å². The number of halogens is 1. The Labute approximate surface area is 125 Å². The van der Waals surface area contributed by atoms with E-state index >= 15 is 0 Å². The molecule has 3 N–H and O–H groups in total. The minimum Gasteiger partial charge on any atom is -0.467 e. The van der Waals surface area contributed by atoms with Crippen molar-refractivity contribution < 1.29 is 8.81 Å². The molecule has 0 bridgehead atoms. The number of aromatic nitrogens is 3. The zero-order chi connectivity index (χ0) is 15.1. The molecule has 0 saturated carbocycles. The highest BCUT2D eigenvalue weighted by molar-refractivity contribution is 5.40. The fourth-order valence-electron chi connectivity index (χ4n) is 2.83. The second-order valence-corrected chi connectivity index (χ2v) is 5.25. The van der Waals surface area contributed by atoms with Gasteiger partial charge in [-0.05, 0) is 29.8 Å². The number of benzene rings is 1. The van der Waals surface area contributed by atoms with Crippen LogP contribution >= 0.6 is 0 Å². The lowest BCUT2D eigenvalue weighted by Gasteiger charge is -2.30. The minimum absolute atomic E-state index is 0.0215. The molecule has 3 heterocycles. The number of hydrogen-bond acceptors (Lipinski definition) is 5. The number of furan rings is 1. The van der Waals surface area contributed by atoms with Crippen LogP contribution < -0.4 is 11.1 Å². The number of rotatable bonds is 2. The van der Waals surface area contributed by atoms with Gasteiger partial charge in [0.1, 0.15) is 17.6 Å². The predicted molar refractivity (Wildman–Crippen MR) is 78.7 cm³/mol. The van der Waals surface area contributed by atoms with Gasteiger partial charge in [-0.25, -0.2) is 9.07 Å². The summed E-state index contributed by atoms with van der Waals surface area (Å²) in [5.41, 5.74) is 6.69. The van der Waals surface area contributed by atoms with E-state index in [0.29, 0.717) is 12.4 Å². The van der Waals surface area contributed by atoms with E-state index in [4.69, 9.17) is 10.2 Å². The van der Waals surface area contributed by atoms with Gasteiger partial charge < -0.3 is 15.5 Å². The summed E-state index contributed by atoms with van der Waals surface area (Å²) in [7, 11) is 0. The number of nitrogens with zero attached hydrogens (tertiary/aromatic N) is 3. The summed E-state index contributed by atoms with van der Waals surface area (Å²) in [6, 6.07) is 10.0. The van der Waals surface area contributed by atoms with Gasteiger partial charge in [0.15, 0.2) is 0 Å². The van der Waals surface area contributed by atoms with Crippen LogP contribution in [0.1, 0.15) is 29.8 Å². The van der Waals surface area contributed by atoms with Crippen LogP contribution in [-0.2, 0) is 0 Å². The van der Waals surface area contributed by atoms with Gasteiger partial charge in [-0.2, -0.15) is 4.98 Å². The quantitative estimate of drug-likeness (QED) is 0.760. The zero-order valence-electron chi connectivity index (χ0n) is 11.6. The third kappa shape index (κ3) is 2.11. The maximum atomic E-state index is 13.1. The molecule has 0 aliphatic carbocycles. The van der Waals surface area contributed by atoms with Crippen LogP contribution in [0.2, 0.25) is 0 Å². The van der Waals surface area contributed by atoms with E-state index in [2.05, 4.69) is 15.4 Å². The first-order valence-corrected chi connectivity index (χ1v) is 6.98. The number of nitrogen functional groups attached to an aromatic ring is 1. The van der Waals surface area contributed by atoms with Gasteiger partial charge in [0.05, 0.1) is 12.3 Å². The second kappa shape index (κ2) is 4.87. The highest BCUT2D eigenvalue weighted by Crippen LogP contribution is 2.37. The molecule has 2 aromatic heterocycles. The van der Waals surface area contributed by atoms with Crippen LogP contribution in [0.4, 0.5) is 16.3 Å². The molecular formula is C15H14FN5O. The molecule has 2 atom stereocenters. The lowest BCUT2D eigenvalue weighted by atomic mass is 9.96. The average Bonchev–Trinajstić information content (AvgIpc) is 3.15. The van der Waals surface area contributed by atoms with Crippen molar-refractivity contribution in [1.29, 1.82) is 0 Å². The van der Waals surface area contributed by atoms with E-state index in [1.165, 1.54) is 12.1 Å². The van der Waals surface area contributed by atoms with Gasteiger partial charge in [-0.15, -0.1) is 5.10 Å². The standard InChI is InChI=1S/C15H14FN5O/c16-10-5-3-9(4-6-10)11-8-12(13-2-1-7-22-13)21-15(18-11)19-14(17)20-21/h1-7,11-12H,8H2,(H3,17,18,19,20)/t11-,12+/m0/s1. The first-order valence-electron chi connectivity index (χ1n) is 6.98. The molecule has 0 saturated heterocycles. The zero-order valence-corrected chi connectivity index (χ0v) is 11.6. The van der Waals surface area contributed by atoms with Gasteiger partial charge in [0, 0.05) is 6.42 Å². The second-order valence-electron chi connectivity index (χ2n) is 5.25. The van der Waals surface area contributed by atoms with E-state index in [0.717, 1.165) is 11.3 Å². The smallest absolute Gasteiger partial charge is 0.241 e. The molecule has 1 aromatic carbocycles. The fraction of sp³-hybridized carbons (Fsp3) is 0.200. The van der Waals surface area contributed by atoms with Gasteiger partial charge in [-0.1, -0.05) is 12.1 Å². The van der Waals surface area contributed by atoms with Crippen molar-refractivity contribution >= 4 is 11.9 Å². The normalized spacial score (nSPS) is 20.4. The van der Waals surface area contributed by atoms with Crippen LogP contribution in [-0.4, -0.2) is 14.8 Å². The molecule has 0 unspecified atom stereocenters. The highest BCUT2D eigenvalue weighted by atomic mass is 19.1. The summed E-state index contributed by atoms with van der Waals surface area (Å²) in [5.74, 6) is 1.33. The van der Waals surface area contributed by atoms with Crippen molar-refractivity contribution in [2.24, 2.45) is 0 Å². The maximum absolute atomic E-state index is 13.1. The van der Waals surface area contributed by atoms with Gasteiger partial charge in [0.2, 0.25) is 11.9 Å². The number of nitrogens with one attached hydrogen (secondary N) is 1. The van der Waals surface area contributed by atoms with Crippen molar-refractivity contribution in [1.82, 2.24) is 14.8 Å². The summed E-state index contributed by atoms with van der Waals surface area (Å²) in [5, 5.41) is 7.52. The molecule has 0 spiro atoms. The Hall–Kier alpha value is -2.83. The van der Waals surface area contributed by atoms with E-state index in [1.807, 2.05) is 12.1 Å². The molecule has 1 aliphatic rings. The van der Waals surface area contributed by atoms with Crippen LogP contribution in [0.15, 0.2) is 47.1 Å². The third-order valence-electron chi connectivity index (χ3n) is 3.85. The monoisotopic (exact) mass is 299 g/mol. The number of anilines is 2. The van der Waals surface area contributed by atoms with E-state index in [1.54, 1.807) is 23.1 Å². The average molecular weight is 299 g/mol. The van der Waals surface area contributed by atoms with Crippen molar-refractivity contribution in [3.05, 3.63) is 59.8 Å². The van der Waals surface area contributed by atoms with Crippen LogP contribution in [0.5, 0.6) is 0 Å². The third-order valence-corrected chi connectivity index (χ3v) is 3.85. The van der Waals surface area contributed by atoms with Crippen molar-refractivity contribution in [3.8, 4) is 0 Å². The van der Waals surface area contributed by atoms with Gasteiger partial charge in [0.25, 0.3) is 0 Å². The SMILES string of the molecule is Nc1nc2n(n1)[C@@H](c1ccco1)C[C@@H](c1ccc(F)cc1)N2. The summed E-state index contributed by atoms with van der Waals surface area (Å²) in [6.07, 6.45) is 2.33. The summed E-state index contributed by atoms with van der Waals surface area (Å²) >= 11 is 0. The first kappa shape index (κ1) is 12.9. The number of nitrogens with two attached hydrogens (primary N) is 1. The molecule has 0 radical (unpaired) electrons. The number of fused-ring (bicyclic) bond motifs is 1. The Morgan fingerprint density at radius 2 is 2.09 bits per heavy atom. The predicted octanol–water partition coefficient (Wildman–Crippen LogP) is 2.74. The summed E-state index contributed by atoms with van der Waals surface area (Å²) in [6.45, 7) is 0. The lowest BCUT2D eigenvalue weighted by molar-refractivity contribution is 0.359. The molecular weight excluding hydrogens is 285 g/mol. The van der Waals surface area contributed by atoms with E-state index in [9.17, 15) is 4.39 Å². The molecule has 7 heteroatoms. The molecule has 1 aliphatic heterocycles. The topological polar surface area (TPSA) is 81.9 Å². The first-order chi connectivity index (χ1) is 10.7. The van der Waals surface area contributed by atoms with Crippen LogP contribution in [0.3, 0.4) is 0 Å². The van der Waals surface area contributed by atoms with Crippen LogP contribution in [0, 0.1) is 5.82 Å². The van der Waals surface area contributed by atoms with Crippen molar-refractivity contribution in [3.63, 3.8) is 0 Å². The van der Waals surface area contributed by atoms with Gasteiger partial charge in [-0.3, -0.25) is 0 Å². The molecule has 112 valence electrons. The van der Waals surface area contributed by atoms with Crippen molar-refractivity contribution in [2.45, 2.75) is 18.5 Å². The molecule has 4 rings (SSSR count). The molecule has 22 heavy (non-hydrogen) atoms. The van der Waals surface area contributed by atoms with E-state index in [-0.39, 0.29) is 23.8 Å². The summed E-state index contributed by atoms with van der Waals surface area (Å²) < 4.78 is 20.4.